The van der Waals surface area contributed by atoms with Crippen LogP contribution in [0.15, 0.2) is 36.8 Å². The molecule has 1 N–H and O–H groups in total. The number of nitrogens with one attached hydrogen (secondary N) is 1. The van der Waals surface area contributed by atoms with Crippen LogP contribution in [0.1, 0.15) is 27.2 Å². The third-order valence-electron chi connectivity index (χ3n) is 3.01. The van der Waals surface area contributed by atoms with E-state index in [1.807, 2.05) is 18.3 Å². The van der Waals surface area contributed by atoms with E-state index in [2.05, 4.69) is 26.9 Å². The van der Waals surface area contributed by atoms with Crippen molar-refractivity contribution in [3.05, 3.63) is 59.2 Å². The summed E-state index contributed by atoms with van der Waals surface area (Å²) >= 11 is 0. The van der Waals surface area contributed by atoms with Crippen molar-refractivity contribution in [2.45, 2.75) is 20.0 Å². The molecule has 0 amide bonds. The van der Waals surface area contributed by atoms with Gasteiger partial charge in [-0.3, -0.25) is 9.97 Å². The predicted molar refractivity (Wildman–Crippen MR) is 75.1 cm³/mol. The fourth-order valence-electron chi connectivity index (χ4n) is 1.77. The van der Waals surface area contributed by atoms with E-state index in [4.69, 9.17) is 0 Å². The van der Waals surface area contributed by atoms with Crippen LogP contribution in [0.4, 0.5) is 0 Å². The lowest BCUT2D eigenvalue weighted by Crippen LogP contribution is -2.15. The topological polar surface area (TPSA) is 64.1 Å². The molecule has 0 atom stereocenters. The minimum absolute atomic E-state index is 0.372. The summed E-state index contributed by atoms with van der Waals surface area (Å²) in [6, 6.07) is 5.51. The van der Waals surface area contributed by atoms with Crippen molar-refractivity contribution >= 4 is 5.97 Å². The number of nitrogens with zero attached hydrogens (tertiary/aromatic N) is 2. The van der Waals surface area contributed by atoms with E-state index in [1.165, 1.54) is 24.4 Å². The van der Waals surface area contributed by atoms with E-state index in [-0.39, 0.29) is 5.97 Å². The fourth-order valence-corrected chi connectivity index (χ4v) is 1.77. The van der Waals surface area contributed by atoms with Crippen molar-refractivity contribution in [2.24, 2.45) is 0 Å². The van der Waals surface area contributed by atoms with Crippen LogP contribution in [0.3, 0.4) is 0 Å². The van der Waals surface area contributed by atoms with Gasteiger partial charge in [-0.2, -0.15) is 0 Å². The first-order valence-electron chi connectivity index (χ1n) is 6.34. The lowest BCUT2D eigenvalue weighted by molar-refractivity contribution is 0.0600. The van der Waals surface area contributed by atoms with E-state index in [9.17, 15) is 4.79 Å². The van der Waals surface area contributed by atoms with Gasteiger partial charge in [0.25, 0.3) is 0 Å². The molecule has 20 heavy (non-hydrogen) atoms. The maximum atomic E-state index is 11.3. The van der Waals surface area contributed by atoms with Gasteiger partial charge in [0.15, 0.2) is 0 Å². The Bertz CT molecular complexity index is 582. The quantitative estimate of drug-likeness (QED) is 0.841. The number of hydrogen-bond donors (Lipinski definition) is 1. The summed E-state index contributed by atoms with van der Waals surface area (Å²) in [6.07, 6.45) is 5.17. The van der Waals surface area contributed by atoms with Gasteiger partial charge in [-0.05, 0) is 36.2 Å². The highest BCUT2D eigenvalue weighted by Crippen LogP contribution is 2.05. The molecule has 104 valence electrons. The SMILES string of the molecule is COC(=O)c1ccc(CNCc2cnccc2C)nc1. The van der Waals surface area contributed by atoms with Gasteiger partial charge in [-0.25, -0.2) is 4.79 Å². The van der Waals surface area contributed by atoms with E-state index in [0.29, 0.717) is 12.1 Å². The Kier molecular flexibility index (Phi) is 4.79. The molecule has 0 saturated heterocycles. The highest BCUT2D eigenvalue weighted by atomic mass is 16.5. The third-order valence-corrected chi connectivity index (χ3v) is 3.01. The Hall–Kier alpha value is -2.27. The summed E-state index contributed by atoms with van der Waals surface area (Å²) in [4.78, 5) is 19.6. The average molecular weight is 271 g/mol. The number of aromatic nitrogens is 2. The Labute approximate surface area is 118 Å². The molecule has 0 saturated carbocycles. The van der Waals surface area contributed by atoms with Crippen molar-refractivity contribution in [2.75, 3.05) is 7.11 Å². The zero-order valence-corrected chi connectivity index (χ0v) is 11.6. The highest BCUT2D eigenvalue weighted by molar-refractivity contribution is 5.88. The second-order valence-corrected chi connectivity index (χ2v) is 4.44. The molecule has 0 aliphatic heterocycles. The number of rotatable bonds is 5. The Morgan fingerprint density at radius 1 is 1.25 bits per heavy atom. The number of methoxy groups -OCH3 is 1. The molecule has 0 aromatic carbocycles. The molecule has 0 bridgehead atoms. The summed E-state index contributed by atoms with van der Waals surface area (Å²) < 4.78 is 4.63. The Morgan fingerprint density at radius 2 is 2.10 bits per heavy atom. The Morgan fingerprint density at radius 3 is 2.75 bits per heavy atom. The largest absolute Gasteiger partial charge is 0.465 e. The monoisotopic (exact) mass is 271 g/mol. The molecule has 5 heteroatoms. The molecule has 5 nitrogen and oxygen atoms in total. The van der Waals surface area contributed by atoms with Gasteiger partial charge in [-0.1, -0.05) is 0 Å². The van der Waals surface area contributed by atoms with Gasteiger partial charge in [0.2, 0.25) is 0 Å². The van der Waals surface area contributed by atoms with Crippen LogP contribution in [0.5, 0.6) is 0 Å². The minimum Gasteiger partial charge on any atom is -0.465 e. The van der Waals surface area contributed by atoms with Crippen molar-refractivity contribution in [3.63, 3.8) is 0 Å². The maximum absolute atomic E-state index is 11.3. The molecule has 2 rings (SSSR count). The zero-order valence-electron chi connectivity index (χ0n) is 11.6. The number of aryl methyl sites for hydroxylation is 1. The molecule has 0 aliphatic carbocycles. The van der Waals surface area contributed by atoms with Crippen molar-refractivity contribution < 1.29 is 9.53 Å². The molecule has 0 unspecified atom stereocenters. The molecule has 0 aliphatic rings. The molecule has 2 aromatic heterocycles. The number of esters is 1. The summed E-state index contributed by atoms with van der Waals surface area (Å²) in [6.45, 7) is 3.43. The average Bonchev–Trinajstić information content (AvgIpc) is 2.49. The lowest BCUT2D eigenvalue weighted by Gasteiger charge is -2.07. The summed E-state index contributed by atoms with van der Waals surface area (Å²) in [5, 5.41) is 3.30. The van der Waals surface area contributed by atoms with E-state index in [1.54, 1.807) is 12.3 Å². The summed E-state index contributed by atoms with van der Waals surface area (Å²) in [5.41, 5.74) is 3.71. The van der Waals surface area contributed by atoms with Gasteiger partial charge in [0, 0.05) is 31.7 Å². The summed E-state index contributed by atoms with van der Waals surface area (Å²) in [7, 11) is 1.36. The molecule has 2 aromatic rings. The number of pyridine rings is 2. The van der Waals surface area contributed by atoms with E-state index >= 15 is 0 Å². The molecule has 0 spiro atoms. The maximum Gasteiger partial charge on any atom is 0.339 e. The zero-order chi connectivity index (χ0) is 14.4. The lowest BCUT2D eigenvalue weighted by atomic mass is 10.1. The van der Waals surface area contributed by atoms with Crippen LogP contribution in [-0.2, 0) is 17.8 Å². The smallest absolute Gasteiger partial charge is 0.339 e. The fraction of sp³-hybridized carbons (Fsp3) is 0.267. The Balaban J connectivity index is 1.88. The number of hydrogen-bond acceptors (Lipinski definition) is 5. The van der Waals surface area contributed by atoms with E-state index < -0.39 is 0 Å². The van der Waals surface area contributed by atoms with Crippen LogP contribution in [0.25, 0.3) is 0 Å². The first-order chi connectivity index (χ1) is 9.70. The minimum atomic E-state index is -0.372. The first-order valence-corrected chi connectivity index (χ1v) is 6.34. The van der Waals surface area contributed by atoms with Gasteiger partial charge in [0.05, 0.1) is 18.4 Å². The highest BCUT2D eigenvalue weighted by Gasteiger charge is 2.05. The number of ether oxygens (including phenoxy) is 1. The van der Waals surface area contributed by atoms with Crippen LogP contribution in [-0.4, -0.2) is 23.0 Å². The van der Waals surface area contributed by atoms with Crippen LogP contribution < -0.4 is 5.32 Å². The van der Waals surface area contributed by atoms with E-state index in [0.717, 1.165) is 12.2 Å². The van der Waals surface area contributed by atoms with Gasteiger partial charge in [0.1, 0.15) is 0 Å². The second-order valence-electron chi connectivity index (χ2n) is 4.44. The van der Waals surface area contributed by atoms with Crippen LogP contribution >= 0.6 is 0 Å². The summed E-state index contributed by atoms with van der Waals surface area (Å²) in [5.74, 6) is -0.372. The third kappa shape index (κ3) is 3.61. The van der Waals surface area contributed by atoms with Crippen molar-refractivity contribution in [3.8, 4) is 0 Å². The van der Waals surface area contributed by atoms with Crippen LogP contribution in [0.2, 0.25) is 0 Å². The van der Waals surface area contributed by atoms with Gasteiger partial charge in [-0.15, -0.1) is 0 Å². The normalized spacial score (nSPS) is 10.3. The van der Waals surface area contributed by atoms with Crippen molar-refractivity contribution in [1.82, 2.24) is 15.3 Å². The molecule has 2 heterocycles. The molecular formula is C15H17N3O2. The molecule has 0 radical (unpaired) electrons. The van der Waals surface area contributed by atoms with Crippen molar-refractivity contribution in [1.29, 1.82) is 0 Å². The number of carbonyl (C=O) groups is 1. The second kappa shape index (κ2) is 6.77. The van der Waals surface area contributed by atoms with Crippen LogP contribution in [0, 0.1) is 6.92 Å². The first kappa shape index (κ1) is 14.1. The van der Waals surface area contributed by atoms with Gasteiger partial charge < -0.3 is 10.1 Å². The predicted octanol–water partition coefficient (Wildman–Crippen LogP) is 1.86. The number of carbonyl (C=O) groups excluding carboxylic acids is 1. The standard InChI is InChI=1S/C15H17N3O2/c1-11-5-6-16-7-13(11)8-17-10-14-4-3-12(9-18-14)15(19)20-2/h3-7,9,17H,8,10H2,1-2H3. The molecule has 0 fully saturated rings. The van der Waals surface area contributed by atoms with Gasteiger partial charge >= 0.3 is 5.97 Å². The molecular weight excluding hydrogens is 254 g/mol.